The van der Waals surface area contributed by atoms with Crippen LogP contribution >= 0.6 is 8.25 Å². The van der Waals surface area contributed by atoms with E-state index in [0.717, 1.165) is 0 Å². The third kappa shape index (κ3) is 10.8. The molecule has 1 unspecified atom stereocenters. The van der Waals surface area contributed by atoms with Gasteiger partial charge in [0, 0.05) is 24.0 Å². The fraction of sp³-hybridized carbons (Fsp3) is 1.00. The summed E-state index contributed by atoms with van der Waals surface area (Å²) in [6.45, 7) is 1.95. The summed E-state index contributed by atoms with van der Waals surface area (Å²) >= 11 is 0. The first-order valence-electron chi connectivity index (χ1n) is 1.56. The third-order valence-corrected chi connectivity index (χ3v) is 0.719. The molecule has 0 aromatic carbocycles. The Labute approximate surface area is 55.8 Å². The van der Waals surface area contributed by atoms with Crippen molar-refractivity contribution in [3.63, 3.8) is 0 Å². The maximum atomic E-state index is 9.53. The van der Waals surface area contributed by atoms with Gasteiger partial charge in [-0.05, 0) is 6.92 Å². The minimum atomic E-state index is -2.35. The van der Waals surface area contributed by atoms with E-state index >= 15 is 0 Å². The molecule has 0 aliphatic carbocycles. The summed E-state index contributed by atoms with van der Waals surface area (Å²) in [6.07, 6.45) is 0. The number of hydrogen-bond acceptors (Lipinski definition) is 2. The normalized spacial score (nSPS) is 9.71. The van der Waals surface area contributed by atoms with Gasteiger partial charge in [0.2, 0.25) is 0 Å². The molecule has 0 saturated heterocycles. The van der Waals surface area contributed by atoms with Crippen molar-refractivity contribution >= 4 is 8.25 Å². The number of rotatable bonds is 2. The standard InChI is InChI=1S/C2H5O3P.Zn/c1-2-5-6(3)4;/h2H2,1H3;/p+1. The van der Waals surface area contributed by atoms with Crippen LogP contribution in [0.1, 0.15) is 6.92 Å². The van der Waals surface area contributed by atoms with Gasteiger partial charge in [-0.25, -0.2) is 0 Å². The Morgan fingerprint density at radius 3 is 2.29 bits per heavy atom. The van der Waals surface area contributed by atoms with Gasteiger partial charge in [-0.15, -0.1) is 9.42 Å². The van der Waals surface area contributed by atoms with Crippen molar-refractivity contribution in [3.8, 4) is 0 Å². The Balaban J connectivity index is 0. The number of hydrogen-bond donors (Lipinski definition) is 1. The van der Waals surface area contributed by atoms with Crippen molar-refractivity contribution in [2.45, 2.75) is 6.92 Å². The average molecular weight is 174 g/mol. The molecule has 38 valence electrons. The van der Waals surface area contributed by atoms with Gasteiger partial charge in [0.1, 0.15) is 6.61 Å². The van der Waals surface area contributed by atoms with Crippen molar-refractivity contribution < 1.29 is 33.5 Å². The molecule has 0 rings (SSSR count). The van der Waals surface area contributed by atoms with Crippen molar-refractivity contribution in [1.29, 1.82) is 0 Å². The second-order valence-electron chi connectivity index (χ2n) is 0.656. The molecule has 1 atom stereocenters. The van der Waals surface area contributed by atoms with Gasteiger partial charge in [-0.1, -0.05) is 0 Å². The Kier molecular flexibility index (Phi) is 10.1. The molecular formula is C2H6O3PZn+. The first-order valence-corrected chi connectivity index (χ1v) is 2.69. The minimum absolute atomic E-state index is 0. The predicted octanol–water partition coefficient (Wildman–Crippen LogP) is 0.670. The van der Waals surface area contributed by atoms with Gasteiger partial charge >= 0.3 is 8.25 Å². The Hall–Kier alpha value is 0.643. The average Bonchev–Trinajstić information content (AvgIpc) is 1.35. The van der Waals surface area contributed by atoms with Crippen LogP contribution in [-0.4, -0.2) is 11.5 Å². The van der Waals surface area contributed by atoms with Crippen molar-refractivity contribution in [2.75, 3.05) is 6.61 Å². The largest absolute Gasteiger partial charge is 0.694 e. The topological polar surface area (TPSA) is 46.5 Å². The van der Waals surface area contributed by atoms with Crippen molar-refractivity contribution in [3.05, 3.63) is 0 Å². The molecule has 0 aromatic rings. The van der Waals surface area contributed by atoms with Crippen LogP contribution in [0.3, 0.4) is 0 Å². The van der Waals surface area contributed by atoms with Gasteiger partial charge in [-0.3, -0.25) is 0 Å². The zero-order valence-electron chi connectivity index (χ0n) is 4.13. The molecule has 0 saturated carbocycles. The van der Waals surface area contributed by atoms with E-state index in [1.807, 2.05) is 0 Å². The predicted molar refractivity (Wildman–Crippen MR) is 21.5 cm³/mol. The first kappa shape index (κ1) is 10.6. The molecule has 0 aromatic heterocycles. The van der Waals surface area contributed by atoms with E-state index in [-0.39, 0.29) is 19.5 Å². The van der Waals surface area contributed by atoms with Gasteiger partial charge in [0.15, 0.2) is 0 Å². The molecular weight excluding hydrogens is 168 g/mol. The van der Waals surface area contributed by atoms with E-state index in [1.54, 1.807) is 6.92 Å². The van der Waals surface area contributed by atoms with Gasteiger partial charge < -0.3 is 0 Å². The van der Waals surface area contributed by atoms with Gasteiger partial charge in [0.05, 0.1) is 0 Å². The summed E-state index contributed by atoms with van der Waals surface area (Å²) in [7, 11) is -2.35. The van der Waals surface area contributed by atoms with Crippen LogP contribution < -0.4 is 0 Å². The van der Waals surface area contributed by atoms with Crippen molar-refractivity contribution in [1.82, 2.24) is 0 Å². The van der Waals surface area contributed by atoms with Crippen LogP contribution in [0.25, 0.3) is 0 Å². The summed E-state index contributed by atoms with van der Waals surface area (Å²) in [5.74, 6) is 0. The van der Waals surface area contributed by atoms with Crippen LogP contribution in [-0.2, 0) is 28.6 Å². The second-order valence-corrected chi connectivity index (χ2v) is 1.39. The molecule has 3 nitrogen and oxygen atoms in total. The van der Waals surface area contributed by atoms with E-state index in [0.29, 0.717) is 6.61 Å². The molecule has 0 heterocycles. The maximum absolute atomic E-state index is 9.53. The Morgan fingerprint density at radius 1 is 1.86 bits per heavy atom. The molecule has 5 heteroatoms. The summed E-state index contributed by atoms with van der Waals surface area (Å²) in [5.41, 5.74) is 0. The molecule has 0 aliphatic rings. The third-order valence-electron chi connectivity index (χ3n) is 0.240. The van der Waals surface area contributed by atoms with E-state index in [1.165, 1.54) is 0 Å². The summed E-state index contributed by atoms with van der Waals surface area (Å²) < 4.78 is 13.6. The molecule has 0 bridgehead atoms. The van der Waals surface area contributed by atoms with Crippen molar-refractivity contribution in [2.24, 2.45) is 0 Å². The summed E-state index contributed by atoms with van der Waals surface area (Å²) in [6, 6.07) is 0. The smallest absolute Gasteiger partial charge is 0.133 e. The van der Waals surface area contributed by atoms with Gasteiger partial charge in [-0.2, -0.15) is 0 Å². The van der Waals surface area contributed by atoms with Crippen LogP contribution in [0.15, 0.2) is 0 Å². The first-order chi connectivity index (χ1) is 2.77. The Bertz CT molecular complexity index is 56.9. The quantitative estimate of drug-likeness (QED) is 0.494. The van der Waals surface area contributed by atoms with E-state index < -0.39 is 8.25 Å². The van der Waals surface area contributed by atoms with E-state index in [9.17, 15) is 4.57 Å². The fourth-order valence-corrected chi connectivity index (χ4v) is 0.331. The maximum Gasteiger partial charge on any atom is 0.694 e. The van der Waals surface area contributed by atoms with Crippen LogP contribution in [0.5, 0.6) is 0 Å². The molecule has 0 spiro atoms. The fourth-order valence-electron chi connectivity index (χ4n) is 0.110. The molecule has 0 amide bonds. The molecule has 0 fully saturated rings. The molecule has 0 radical (unpaired) electrons. The molecule has 1 N–H and O–H groups in total. The molecule has 7 heavy (non-hydrogen) atoms. The zero-order chi connectivity index (χ0) is 4.99. The summed E-state index contributed by atoms with van der Waals surface area (Å²) in [4.78, 5) is 7.84. The van der Waals surface area contributed by atoms with E-state index in [4.69, 9.17) is 4.89 Å². The molecule has 0 aliphatic heterocycles. The van der Waals surface area contributed by atoms with Crippen LogP contribution in [0.4, 0.5) is 0 Å². The van der Waals surface area contributed by atoms with E-state index in [2.05, 4.69) is 4.52 Å². The van der Waals surface area contributed by atoms with Crippen LogP contribution in [0.2, 0.25) is 0 Å². The van der Waals surface area contributed by atoms with Crippen LogP contribution in [0, 0.1) is 0 Å². The minimum Gasteiger partial charge on any atom is -0.133 e. The monoisotopic (exact) mass is 173 g/mol. The summed E-state index contributed by atoms with van der Waals surface area (Å²) in [5, 5.41) is 0. The SMILES string of the molecule is CCO[P+](=O)O.[Zn]. The second kappa shape index (κ2) is 6.64. The van der Waals surface area contributed by atoms with Gasteiger partial charge in [0.25, 0.3) is 0 Å². The zero-order valence-corrected chi connectivity index (χ0v) is 7.99. The Morgan fingerprint density at radius 2 is 2.29 bits per heavy atom.